The number of hydrogen-bond acceptors (Lipinski definition) is 3. The molecule has 5 heteroatoms. The average molecular weight is 414 g/mol. The lowest BCUT2D eigenvalue weighted by molar-refractivity contribution is -0.134. The quantitative estimate of drug-likeness (QED) is 0.777. The monoisotopic (exact) mass is 413 g/mol. The lowest BCUT2D eigenvalue weighted by Crippen LogP contribution is -2.51. The van der Waals surface area contributed by atoms with E-state index in [1.165, 1.54) is 5.56 Å². The van der Waals surface area contributed by atoms with Gasteiger partial charge in [-0.05, 0) is 49.6 Å². The first-order chi connectivity index (χ1) is 14.3. The fourth-order valence-corrected chi connectivity index (χ4v) is 4.72. The zero-order valence-corrected chi connectivity index (χ0v) is 19.0. The van der Waals surface area contributed by atoms with Crippen LogP contribution in [0.25, 0.3) is 0 Å². The zero-order valence-electron chi connectivity index (χ0n) is 19.0. The van der Waals surface area contributed by atoms with E-state index in [0.29, 0.717) is 19.0 Å². The highest BCUT2D eigenvalue weighted by atomic mass is 16.2. The zero-order chi connectivity index (χ0) is 21.6. The Kier molecular flexibility index (Phi) is 7.93. The van der Waals surface area contributed by atoms with Crippen LogP contribution < -0.4 is 5.32 Å². The van der Waals surface area contributed by atoms with Crippen molar-refractivity contribution in [3.05, 3.63) is 35.9 Å². The Morgan fingerprint density at radius 1 is 1.03 bits per heavy atom. The first-order valence-corrected chi connectivity index (χ1v) is 11.7. The van der Waals surface area contributed by atoms with Gasteiger partial charge in [0.15, 0.2) is 0 Å². The predicted molar refractivity (Wildman–Crippen MR) is 121 cm³/mol. The molecule has 30 heavy (non-hydrogen) atoms. The molecule has 2 heterocycles. The topological polar surface area (TPSA) is 52.7 Å². The largest absolute Gasteiger partial charge is 0.355 e. The summed E-state index contributed by atoms with van der Waals surface area (Å²) in [6.45, 7) is 10.7. The number of carbonyl (C=O) groups excluding carboxylic acids is 2. The third-order valence-corrected chi connectivity index (χ3v) is 6.39. The molecule has 2 aliphatic heterocycles. The molecule has 2 aliphatic rings. The van der Waals surface area contributed by atoms with Gasteiger partial charge in [-0.3, -0.25) is 14.5 Å². The Balaban J connectivity index is 1.41. The van der Waals surface area contributed by atoms with Crippen molar-refractivity contribution in [2.24, 2.45) is 11.3 Å². The van der Waals surface area contributed by atoms with E-state index in [-0.39, 0.29) is 23.1 Å². The molecule has 0 unspecified atom stereocenters. The minimum atomic E-state index is 0.0435. The number of amides is 2. The Labute approximate surface area is 182 Å². The van der Waals surface area contributed by atoms with Crippen molar-refractivity contribution < 1.29 is 9.59 Å². The van der Waals surface area contributed by atoms with E-state index in [1.54, 1.807) is 0 Å². The van der Waals surface area contributed by atoms with Crippen LogP contribution in [-0.2, 0) is 16.0 Å². The number of nitrogens with one attached hydrogen (secondary N) is 1. The summed E-state index contributed by atoms with van der Waals surface area (Å²) in [7, 11) is 0. The molecule has 0 bridgehead atoms. The third kappa shape index (κ3) is 6.83. The Morgan fingerprint density at radius 2 is 1.73 bits per heavy atom. The van der Waals surface area contributed by atoms with Crippen LogP contribution in [0.2, 0.25) is 0 Å². The summed E-state index contributed by atoms with van der Waals surface area (Å²) >= 11 is 0. The lowest BCUT2D eigenvalue weighted by atomic mass is 9.90. The molecule has 166 valence electrons. The van der Waals surface area contributed by atoms with Crippen molar-refractivity contribution in [3.63, 3.8) is 0 Å². The molecule has 0 spiro atoms. The highest BCUT2D eigenvalue weighted by Gasteiger charge is 2.33. The minimum absolute atomic E-state index is 0.0435. The van der Waals surface area contributed by atoms with Gasteiger partial charge in [0.05, 0.1) is 5.92 Å². The van der Waals surface area contributed by atoms with Gasteiger partial charge in [-0.25, -0.2) is 0 Å². The molecule has 2 fully saturated rings. The SMILES string of the molecule is CC(C)(C)CC(=O)N1CCC(N2CCC[C@@H](C(=O)NCCc3ccccc3)C2)CC1. The fraction of sp³-hybridized carbons (Fsp3) is 0.680. The maximum absolute atomic E-state index is 12.7. The van der Waals surface area contributed by atoms with Gasteiger partial charge in [0.2, 0.25) is 11.8 Å². The van der Waals surface area contributed by atoms with Crippen LogP contribution in [-0.4, -0.2) is 60.4 Å². The summed E-state index contributed by atoms with van der Waals surface area (Å²) in [5.41, 5.74) is 1.30. The second kappa shape index (κ2) is 10.4. The van der Waals surface area contributed by atoms with Crippen LogP contribution in [0.1, 0.15) is 58.4 Å². The van der Waals surface area contributed by atoms with Crippen molar-refractivity contribution in [2.75, 3.05) is 32.7 Å². The average Bonchev–Trinajstić information content (AvgIpc) is 2.73. The van der Waals surface area contributed by atoms with Crippen LogP contribution in [0.4, 0.5) is 0 Å². The second-order valence-electron chi connectivity index (χ2n) is 10.2. The molecule has 1 aromatic carbocycles. The lowest BCUT2D eigenvalue weighted by Gasteiger charge is -2.42. The summed E-state index contributed by atoms with van der Waals surface area (Å²) in [4.78, 5) is 29.8. The summed E-state index contributed by atoms with van der Waals surface area (Å²) in [5.74, 6) is 0.582. The van der Waals surface area contributed by atoms with Crippen LogP contribution in [0.15, 0.2) is 30.3 Å². The van der Waals surface area contributed by atoms with Gasteiger partial charge in [0.1, 0.15) is 0 Å². The van der Waals surface area contributed by atoms with Crippen molar-refractivity contribution in [2.45, 2.75) is 65.3 Å². The Bertz CT molecular complexity index is 690. The van der Waals surface area contributed by atoms with Crippen LogP contribution in [0.5, 0.6) is 0 Å². The Hall–Kier alpha value is -1.88. The maximum Gasteiger partial charge on any atom is 0.224 e. The molecule has 2 amide bonds. The number of piperidine rings is 2. The van der Waals surface area contributed by atoms with E-state index in [4.69, 9.17) is 0 Å². The maximum atomic E-state index is 12.7. The molecule has 0 saturated carbocycles. The highest BCUT2D eigenvalue weighted by molar-refractivity contribution is 5.79. The van der Waals surface area contributed by atoms with Crippen molar-refractivity contribution in [3.8, 4) is 0 Å². The molecular formula is C25H39N3O2. The van der Waals surface area contributed by atoms with Crippen molar-refractivity contribution in [1.82, 2.24) is 15.1 Å². The van der Waals surface area contributed by atoms with Gasteiger partial charge in [-0.1, -0.05) is 51.1 Å². The molecular weight excluding hydrogens is 374 g/mol. The number of carbonyl (C=O) groups is 2. The van der Waals surface area contributed by atoms with Crippen LogP contribution >= 0.6 is 0 Å². The predicted octanol–water partition coefficient (Wildman–Crippen LogP) is 3.48. The first kappa shape index (κ1) is 22.8. The molecule has 1 aromatic rings. The van der Waals surface area contributed by atoms with E-state index in [0.717, 1.165) is 58.3 Å². The minimum Gasteiger partial charge on any atom is -0.355 e. The standard InChI is InChI=1S/C25H39N3O2/c1-25(2,3)18-23(29)27-16-12-22(13-17-27)28-15-7-10-21(19-28)24(30)26-14-11-20-8-5-4-6-9-20/h4-6,8-9,21-22H,7,10-19H2,1-3H3,(H,26,30)/t21-/m1/s1. The molecule has 2 saturated heterocycles. The number of nitrogens with zero attached hydrogens (tertiary/aromatic N) is 2. The number of rotatable bonds is 6. The summed E-state index contributed by atoms with van der Waals surface area (Å²) < 4.78 is 0. The molecule has 0 radical (unpaired) electrons. The molecule has 3 rings (SSSR count). The second-order valence-corrected chi connectivity index (χ2v) is 10.2. The van der Waals surface area contributed by atoms with Gasteiger partial charge in [0.25, 0.3) is 0 Å². The van der Waals surface area contributed by atoms with Crippen molar-refractivity contribution >= 4 is 11.8 Å². The first-order valence-electron chi connectivity index (χ1n) is 11.7. The molecule has 0 aliphatic carbocycles. The van der Waals surface area contributed by atoms with Gasteiger partial charge >= 0.3 is 0 Å². The Morgan fingerprint density at radius 3 is 2.40 bits per heavy atom. The molecule has 0 aromatic heterocycles. The number of benzene rings is 1. The van der Waals surface area contributed by atoms with E-state index < -0.39 is 0 Å². The van der Waals surface area contributed by atoms with Gasteiger partial charge in [-0.2, -0.15) is 0 Å². The number of hydrogen-bond donors (Lipinski definition) is 1. The van der Waals surface area contributed by atoms with E-state index in [1.807, 2.05) is 23.1 Å². The van der Waals surface area contributed by atoms with Gasteiger partial charge < -0.3 is 10.2 Å². The normalized spacial score (nSPS) is 21.4. The molecule has 1 N–H and O–H groups in total. The van der Waals surface area contributed by atoms with E-state index in [2.05, 4.69) is 43.1 Å². The van der Waals surface area contributed by atoms with E-state index >= 15 is 0 Å². The number of likely N-dealkylation sites (tertiary alicyclic amines) is 2. The smallest absolute Gasteiger partial charge is 0.224 e. The molecule has 1 atom stereocenters. The summed E-state index contributed by atoms with van der Waals surface area (Å²) in [6, 6.07) is 10.8. The highest BCUT2D eigenvalue weighted by Crippen LogP contribution is 2.26. The van der Waals surface area contributed by atoms with Crippen molar-refractivity contribution in [1.29, 1.82) is 0 Å². The van der Waals surface area contributed by atoms with Crippen LogP contribution in [0, 0.1) is 11.3 Å². The third-order valence-electron chi connectivity index (χ3n) is 6.39. The summed E-state index contributed by atoms with van der Waals surface area (Å²) in [6.07, 6.45) is 5.61. The van der Waals surface area contributed by atoms with Crippen LogP contribution in [0.3, 0.4) is 0 Å². The molecule has 5 nitrogen and oxygen atoms in total. The van der Waals surface area contributed by atoms with E-state index in [9.17, 15) is 9.59 Å². The van der Waals surface area contributed by atoms with Gasteiger partial charge in [0, 0.05) is 38.6 Å². The van der Waals surface area contributed by atoms with Gasteiger partial charge in [-0.15, -0.1) is 0 Å². The fourth-order valence-electron chi connectivity index (χ4n) is 4.72. The summed E-state index contributed by atoms with van der Waals surface area (Å²) in [5, 5.41) is 3.15.